The Morgan fingerprint density at radius 2 is 1.70 bits per heavy atom. The third kappa shape index (κ3) is 3.36. The molecule has 0 amide bonds. The topological polar surface area (TPSA) is 12.5 Å². The summed E-state index contributed by atoms with van der Waals surface area (Å²) in [5.41, 5.74) is 1.19. The number of nitrogens with zero attached hydrogens (tertiary/aromatic N) is 1. The molecule has 1 aliphatic carbocycles. The molecule has 1 saturated heterocycles. The molecule has 1 aliphatic heterocycles. The molecular formula is C16H21F2NO. The average molecular weight is 281 g/mol. The molecule has 0 N–H and O–H groups in total. The van der Waals surface area contributed by atoms with Gasteiger partial charge >= 0.3 is 0 Å². The summed E-state index contributed by atoms with van der Waals surface area (Å²) in [5.74, 6) is -2.44. The van der Waals surface area contributed by atoms with Crippen LogP contribution in [0.2, 0.25) is 0 Å². The lowest BCUT2D eigenvalue weighted by atomic mass is 9.89. The van der Waals surface area contributed by atoms with Crippen LogP contribution in [0.5, 0.6) is 0 Å². The summed E-state index contributed by atoms with van der Waals surface area (Å²) in [6, 6.07) is 10.5. The van der Waals surface area contributed by atoms with Crippen molar-refractivity contribution in [1.29, 1.82) is 0 Å². The van der Waals surface area contributed by atoms with E-state index in [1.807, 2.05) is 23.1 Å². The first-order chi connectivity index (χ1) is 9.62. The Morgan fingerprint density at radius 3 is 2.30 bits per heavy atom. The summed E-state index contributed by atoms with van der Waals surface area (Å²) >= 11 is 0. The van der Waals surface area contributed by atoms with E-state index in [4.69, 9.17) is 4.74 Å². The molecule has 0 bridgehead atoms. The van der Waals surface area contributed by atoms with Gasteiger partial charge in [-0.2, -0.15) is 0 Å². The Labute approximate surface area is 118 Å². The number of hydrogen-bond donors (Lipinski definition) is 0. The SMILES string of the molecule is FC1(F)CN([C@H]2CC[C@@H](OCc3ccccc3)CC2)C1. The van der Waals surface area contributed by atoms with E-state index in [9.17, 15) is 8.78 Å². The minimum atomic E-state index is -2.44. The van der Waals surface area contributed by atoms with Crippen molar-refractivity contribution in [3.63, 3.8) is 0 Å². The van der Waals surface area contributed by atoms with Crippen molar-refractivity contribution in [3.05, 3.63) is 35.9 Å². The molecule has 1 saturated carbocycles. The maximum Gasteiger partial charge on any atom is 0.272 e. The summed E-state index contributed by atoms with van der Waals surface area (Å²) in [6.07, 6.45) is 4.22. The molecule has 1 aromatic carbocycles. The highest BCUT2D eigenvalue weighted by atomic mass is 19.3. The van der Waals surface area contributed by atoms with Gasteiger partial charge in [0, 0.05) is 6.04 Å². The lowest BCUT2D eigenvalue weighted by Gasteiger charge is -2.46. The van der Waals surface area contributed by atoms with Crippen molar-refractivity contribution < 1.29 is 13.5 Å². The highest BCUT2D eigenvalue weighted by Gasteiger charge is 2.46. The molecule has 0 radical (unpaired) electrons. The minimum Gasteiger partial charge on any atom is -0.374 e. The highest BCUT2D eigenvalue weighted by Crippen LogP contribution is 2.34. The number of benzene rings is 1. The summed E-state index contributed by atoms with van der Waals surface area (Å²) in [5, 5.41) is 0. The van der Waals surface area contributed by atoms with Crippen LogP contribution in [0, 0.1) is 0 Å². The molecule has 4 heteroatoms. The van der Waals surface area contributed by atoms with Gasteiger partial charge in [-0.1, -0.05) is 30.3 Å². The Morgan fingerprint density at radius 1 is 1.05 bits per heavy atom. The Bertz CT molecular complexity index is 421. The first-order valence-electron chi connectivity index (χ1n) is 7.40. The van der Waals surface area contributed by atoms with Crippen molar-refractivity contribution in [1.82, 2.24) is 4.90 Å². The fourth-order valence-corrected chi connectivity index (χ4v) is 3.17. The van der Waals surface area contributed by atoms with E-state index < -0.39 is 5.92 Å². The van der Waals surface area contributed by atoms with Gasteiger partial charge in [-0.25, -0.2) is 8.78 Å². The minimum absolute atomic E-state index is 0.0484. The van der Waals surface area contributed by atoms with Gasteiger partial charge in [-0.3, -0.25) is 4.90 Å². The van der Waals surface area contributed by atoms with Crippen LogP contribution in [0.1, 0.15) is 31.2 Å². The van der Waals surface area contributed by atoms with Crippen LogP contribution in [0.25, 0.3) is 0 Å². The third-order valence-electron chi connectivity index (χ3n) is 4.36. The number of likely N-dealkylation sites (tertiary alicyclic amines) is 1. The van der Waals surface area contributed by atoms with Crippen LogP contribution < -0.4 is 0 Å². The van der Waals surface area contributed by atoms with Crippen molar-refractivity contribution in [2.24, 2.45) is 0 Å². The average Bonchev–Trinajstić information content (AvgIpc) is 2.44. The second kappa shape index (κ2) is 5.78. The summed E-state index contributed by atoms with van der Waals surface area (Å²) in [6.45, 7) is 0.554. The van der Waals surface area contributed by atoms with Crippen molar-refractivity contribution in [3.8, 4) is 0 Å². The second-order valence-corrected chi connectivity index (χ2v) is 5.99. The molecule has 110 valence electrons. The smallest absolute Gasteiger partial charge is 0.272 e. The van der Waals surface area contributed by atoms with Crippen LogP contribution in [0.4, 0.5) is 8.78 Å². The van der Waals surface area contributed by atoms with Crippen LogP contribution in [-0.4, -0.2) is 36.1 Å². The molecule has 0 spiro atoms. The van der Waals surface area contributed by atoms with Crippen LogP contribution in [0.3, 0.4) is 0 Å². The monoisotopic (exact) mass is 281 g/mol. The second-order valence-electron chi connectivity index (χ2n) is 5.99. The van der Waals surface area contributed by atoms with Crippen molar-refractivity contribution >= 4 is 0 Å². The number of alkyl halides is 2. The van der Waals surface area contributed by atoms with Gasteiger partial charge in [0.05, 0.1) is 25.8 Å². The molecule has 1 heterocycles. The Balaban J connectivity index is 1.39. The fourth-order valence-electron chi connectivity index (χ4n) is 3.17. The number of halogens is 2. The zero-order valence-corrected chi connectivity index (χ0v) is 11.6. The van der Waals surface area contributed by atoms with Crippen LogP contribution in [-0.2, 0) is 11.3 Å². The lowest BCUT2D eigenvalue weighted by molar-refractivity contribution is -0.153. The van der Waals surface area contributed by atoms with Crippen molar-refractivity contribution in [2.45, 2.75) is 50.4 Å². The molecular weight excluding hydrogens is 260 g/mol. The molecule has 20 heavy (non-hydrogen) atoms. The molecule has 0 aromatic heterocycles. The zero-order valence-electron chi connectivity index (χ0n) is 11.6. The predicted octanol–water partition coefficient (Wildman–Crippen LogP) is 3.47. The molecule has 3 rings (SSSR count). The standard InChI is InChI=1S/C16H21F2NO/c17-16(18)11-19(12-16)14-6-8-15(9-7-14)20-10-13-4-2-1-3-5-13/h1-5,14-15H,6-12H2/t14-,15+. The van der Waals surface area contributed by atoms with E-state index >= 15 is 0 Å². The van der Waals surface area contributed by atoms with Gasteiger partial charge < -0.3 is 4.74 Å². The van der Waals surface area contributed by atoms with E-state index in [1.165, 1.54) is 5.56 Å². The van der Waals surface area contributed by atoms with E-state index in [2.05, 4.69) is 12.1 Å². The molecule has 2 fully saturated rings. The van der Waals surface area contributed by atoms with E-state index in [-0.39, 0.29) is 19.2 Å². The van der Waals surface area contributed by atoms with Gasteiger partial charge in [0.1, 0.15) is 0 Å². The molecule has 1 aromatic rings. The van der Waals surface area contributed by atoms with Gasteiger partial charge in [-0.05, 0) is 31.2 Å². The Hall–Kier alpha value is -1.00. The molecule has 0 unspecified atom stereocenters. The van der Waals surface area contributed by atoms with Gasteiger partial charge in [0.2, 0.25) is 0 Å². The number of ether oxygens (including phenoxy) is 1. The maximum atomic E-state index is 12.9. The summed E-state index contributed by atoms with van der Waals surface area (Å²) < 4.78 is 31.6. The summed E-state index contributed by atoms with van der Waals surface area (Å²) in [7, 11) is 0. The zero-order chi connectivity index (χ0) is 14.0. The van der Waals surface area contributed by atoms with E-state index in [0.29, 0.717) is 12.6 Å². The van der Waals surface area contributed by atoms with Gasteiger partial charge in [-0.15, -0.1) is 0 Å². The van der Waals surface area contributed by atoms with Crippen LogP contribution >= 0.6 is 0 Å². The Kier molecular flexibility index (Phi) is 4.03. The fraction of sp³-hybridized carbons (Fsp3) is 0.625. The van der Waals surface area contributed by atoms with E-state index in [1.54, 1.807) is 0 Å². The quantitative estimate of drug-likeness (QED) is 0.838. The third-order valence-corrected chi connectivity index (χ3v) is 4.36. The van der Waals surface area contributed by atoms with Crippen molar-refractivity contribution in [2.75, 3.05) is 13.1 Å². The lowest BCUT2D eigenvalue weighted by Crippen LogP contribution is -2.60. The largest absolute Gasteiger partial charge is 0.374 e. The first kappa shape index (κ1) is 14.0. The molecule has 2 aliphatic rings. The maximum absolute atomic E-state index is 12.9. The van der Waals surface area contributed by atoms with E-state index in [0.717, 1.165) is 25.7 Å². The molecule has 2 nitrogen and oxygen atoms in total. The van der Waals surface area contributed by atoms with Crippen LogP contribution in [0.15, 0.2) is 30.3 Å². The number of hydrogen-bond acceptors (Lipinski definition) is 2. The number of rotatable bonds is 4. The predicted molar refractivity (Wildman–Crippen MR) is 73.8 cm³/mol. The first-order valence-corrected chi connectivity index (χ1v) is 7.40. The van der Waals surface area contributed by atoms with Gasteiger partial charge in [0.25, 0.3) is 5.92 Å². The normalized spacial score (nSPS) is 29.9. The highest BCUT2D eigenvalue weighted by molar-refractivity contribution is 5.13. The summed E-state index contributed by atoms with van der Waals surface area (Å²) in [4.78, 5) is 1.92. The van der Waals surface area contributed by atoms with Gasteiger partial charge in [0.15, 0.2) is 0 Å². The molecule has 0 atom stereocenters.